The first-order valence-corrected chi connectivity index (χ1v) is 7.86. The van der Waals surface area contributed by atoms with Crippen molar-refractivity contribution in [1.29, 1.82) is 0 Å². The fraction of sp³-hybridized carbons (Fsp3) is 0.500. The third-order valence-corrected chi connectivity index (χ3v) is 2.95. The van der Waals surface area contributed by atoms with Crippen LogP contribution in [0, 0.1) is 5.82 Å². The molecule has 1 unspecified atom stereocenters. The van der Waals surface area contributed by atoms with Crippen LogP contribution in [0.25, 0.3) is 0 Å². The highest BCUT2D eigenvalue weighted by Gasteiger charge is 2.25. The van der Waals surface area contributed by atoms with Crippen molar-refractivity contribution in [1.82, 2.24) is 5.32 Å². The van der Waals surface area contributed by atoms with Gasteiger partial charge in [0.1, 0.15) is 29.7 Å². The zero-order valence-electron chi connectivity index (χ0n) is 15.1. The Balaban J connectivity index is 2.90. The third kappa shape index (κ3) is 8.17. The van der Waals surface area contributed by atoms with Crippen LogP contribution in [0.15, 0.2) is 18.2 Å². The fourth-order valence-corrected chi connectivity index (χ4v) is 2.01. The van der Waals surface area contributed by atoms with Crippen LogP contribution in [0.1, 0.15) is 26.3 Å². The second-order valence-electron chi connectivity index (χ2n) is 6.51. The van der Waals surface area contributed by atoms with Gasteiger partial charge >= 0.3 is 19.2 Å². The average molecular weight is 371 g/mol. The van der Waals surface area contributed by atoms with Gasteiger partial charge in [-0.15, -0.1) is 0 Å². The van der Waals surface area contributed by atoms with Gasteiger partial charge in [-0.2, -0.15) is 0 Å². The Hall–Kier alpha value is -2.33. The van der Waals surface area contributed by atoms with E-state index in [0.29, 0.717) is 5.56 Å². The Kier molecular flexibility index (Phi) is 7.85. The molecule has 0 aliphatic heterocycles. The number of amides is 1. The number of carbonyl (C=O) groups is 2. The van der Waals surface area contributed by atoms with E-state index < -0.39 is 43.1 Å². The number of hydrogen-bond donors (Lipinski definition) is 3. The lowest BCUT2D eigenvalue weighted by atomic mass is 9.95. The molecule has 0 spiro atoms. The first-order valence-electron chi connectivity index (χ1n) is 7.86. The molecule has 0 fully saturated rings. The number of esters is 1. The smallest absolute Gasteiger partial charge is 0.491 e. The molecule has 0 saturated heterocycles. The lowest BCUT2D eigenvalue weighted by Gasteiger charge is -2.22. The predicted molar refractivity (Wildman–Crippen MR) is 91.0 cm³/mol. The Bertz CT molecular complexity index is 634. The summed E-state index contributed by atoms with van der Waals surface area (Å²) in [6.07, 6.45) is -0.897. The van der Waals surface area contributed by atoms with Gasteiger partial charge in [-0.25, -0.2) is 14.0 Å². The molecule has 0 radical (unpaired) electrons. The molecule has 3 N–H and O–H groups in total. The summed E-state index contributed by atoms with van der Waals surface area (Å²) in [5.74, 6) is -1.33. The topological polar surface area (TPSA) is 114 Å². The SMILES string of the molecule is COC(=O)C(Cc1cc(F)cc(OCB(O)O)c1)NC(=O)OC(C)(C)C. The molecular weight excluding hydrogens is 348 g/mol. The van der Waals surface area contributed by atoms with Crippen LogP contribution in [0.4, 0.5) is 9.18 Å². The second-order valence-corrected chi connectivity index (χ2v) is 6.51. The van der Waals surface area contributed by atoms with Crippen LogP contribution in [-0.4, -0.2) is 54.5 Å². The monoisotopic (exact) mass is 371 g/mol. The summed E-state index contributed by atoms with van der Waals surface area (Å²) in [5, 5.41) is 20.0. The van der Waals surface area contributed by atoms with Gasteiger partial charge in [0.05, 0.1) is 7.11 Å². The molecule has 0 aromatic heterocycles. The molecule has 0 bridgehead atoms. The predicted octanol–water partition coefficient (Wildman–Crippen LogP) is 0.825. The first kappa shape index (κ1) is 21.7. The molecule has 26 heavy (non-hydrogen) atoms. The number of rotatable bonds is 7. The van der Waals surface area contributed by atoms with E-state index in [1.807, 2.05) is 0 Å². The van der Waals surface area contributed by atoms with Crippen molar-refractivity contribution in [2.75, 3.05) is 13.6 Å². The number of carbonyl (C=O) groups excluding carboxylic acids is 2. The minimum atomic E-state index is -1.71. The molecule has 1 atom stereocenters. The van der Waals surface area contributed by atoms with Crippen LogP contribution >= 0.6 is 0 Å². The maximum atomic E-state index is 13.7. The maximum Gasteiger partial charge on any atom is 0.491 e. The van der Waals surface area contributed by atoms with Crippen LogP contribution in [0.2, 0.25) is 0 Å². The normalized spacial score (nSPS) is 12.1. The van der Waals surface area contributed by atoms with Crippen molar-refractivity contribution >= 4 is 19.2 Å². The van der Waals surface area contributed by atoms with E-state index in [0.717, 1.165) is 19.2 Å². The van der Waals surface area contributed by atoms with Gasteiger partial charge in [-0.05, 0) is 38.5 Å². The highest BCUT2D eigenvalue weighted by molar-refractivity contribution is 6.40. The van der Waals surface area contributed by atoms with Crippen LogP contribution in [0.3, 0.4) is 0 Å². The van der Waals surface area contributed by atoms with E-state index in [1.54, 1.807) is 20.8 Å². The van der Waals surface area contributed by atoms with Gasteiger partial charge < -0.3 is 29.6 Å². The quantitative estimate of drug-likeness (QED) is 0.480. The molecule has 8 nitrogen and oxygen atoms in total. The second kappa shape index (κ2) is 9.39. The van der Waals surface area contributed by atoms with Crippen molar-refractivity contribution in [2.45, 2.75) is 38.8 Å². The third-order valence-electron chi connectivity index (χ3n) is 2.95. The van der Waals surface area contributed by atoms with E-state index in [1.165, 1.54) is 6.07 Å². The molecule has 1 aromatic rings. The molecule has 1 rings (SSSR count). The van der Waals surface area contributed by atoms with Crippen LogP contribution in [0.5, 0.6) is 5.75 Å². The maximum absolute atomic E-state index is 13.7. The van der Waals surface area contributed by atoms with Gasteiger partial charge in [0.2, 0.25) is 0 Å². The number of halogens is 1. The molecule has 0 aliphatic rings. The number of ether oxygens (including phenoxy) is 3. The molecule has 0 saturated carbocycles. The number of nitrogens with one attached hydrogen (secondary N) is 1. The fourth-order valence-electron chi connectivity index (χ4n) is 2.01. The largest absolute Gasteiger partial charge is 0.496 e. The van der Waals surface area contributed by atoms with E-state index in [4.69, 9.17) is 19.5 Å². The Morgan fingerprint density at radius 1 is 1.27 bits per heavy atom. The summed E-state index contributed by atoms with van der Waals surface area (Å²) in [6.45, 7) is 4.57. The van der Waals surface area contributed by atoms with Crippen molar-refractivity contribution in [2.24, 2.45) is 0 Å². The molecule has 1 aromatic carbocycles. The molecule has 0 aliphatic carbocycles. The van der Waals surface area contributed by atoms with Gasteiger partial charge in [0, 0.05) is 12.5 Å². The average Bonchev–Trinajstić information content (AvgIpc) is 2.49. The summed E-state index contributed by atoms with van der Waals surface area (Å²) in [7, 11) is -0.548. The molecule has 144 valence electrons. The molecular formula is C16H23BFNO7. The van der Waals surface area contributed by atoms with E-state index in [-0.39, 0.29) is 12.2 Å². The van der Waals surface area contributed by atoms with E-state index >= 15 is 0 Å². The van der Waals surface area contributed by atoms with Crippen molar-refractivity contribution in [3.05, 3.63) is 29.6 Å². The zero-order valence-corrected chi connectivity index (χ0v) is 15.1. The number of methoxy groups -OCH3 is 1. The number of hydrogen-bond acceptors (Lipinski definition) is 7. The van der Waals surface area contributed by atoms with Crippen LogP contribution in [-0.2, 0) is 20.7 Å². The highest BCUT2D eigenvalue weighted by atomic mass is 19.1. The van der Waals surface area contributed by atoms with E-state index in [9.17, 15) is 14.0 Å². The molecule has 0 heterocycles. The van der Waals surface area contributed by atoms with Crippen molar-refractivity contribution in [3.8, 4) is 5.75 Å². The Morgan fingerprint density at radius 3 is 2.46 bits per heavy atom. The highest BCUT2D eigenvalue weighted by Crippen LogP contribution is 2.18. The van der Waals surface area contributed by atoms with Crippen LogP contribution < -0.4 is 10.1 Å². The lowest BCUT2D eigenvalue weighted by Crippen LogP contribution is -2.45. The molecule has 10 heteroatoms. The van der Waals surface area contributed by atoms with E-state index in [2.05, 4.69) is 10.1 Å². The number of alkyl carbamates (subject to hydrolysis) is 1. The lowest BCUT2D eigenvalue weighted by molar-refractivity contribution is -0.143. The number of benzene rings is 1. The Morgan fingerprint density at radius 2 is 1.92 bits per heavy atom. The van der Waals surface area contributed by atoms with Gasteiger partial charge in [0.25, 0.3) is 0 Å². The molecule has 1 amide bonds. The summed E-state index contributed by atoms with van der Waals surface area (Å²) in [4.78, 5) is 23.8. The Labute approximate surface area is 151 Å². The summed E-state index contributed by atoms with van der Waals surface area (Å²) in [6, 6.07) is 2.53. The summed E-state index contributed by atoms with van der Waals surface area (Å²) in [5.41, 5.74) is -0.422. The van der Waals surface area contributed by atoms with Crippen molar-refractivity contribution < 1.29 is 38.2 Å². The first-order chi connectivity index (χ1) is 12.0. The standard InChI is InChI=1S/C16H23BFNO7/c1-16(2,3)26-15(21)19-13(14(20)24-4)7-10-5-11(18)8-12(6-10)25-9-17(22)23/h5-6,8,13,22-23H,7,9H2,1-4H3,(H,19,21). The van der Waals surface area contributed by atoms with Gasteiger partial charge in [-0.3, -0.25) is 0 Å². The van der Waals surface area contributed by atoms with Gasteiger partial charge in [0.15, 0.2) is 0 Å². The van der Waals surface area contributed by atoms with Gasteiger partial charge in [-0.1, -0.05) is 0 Å². The minimum Gasteiger partial charge on any atom is -0.496 e. The summed E-state index contributed by atoms with van der Waals surface area (Å²) >= 11 is 0. The minimum absolute atomic E-state index is 0.0500. The summed E-state index contributed by atoms with van der Waals surface area (Å²) < 4.78 is 28.5. The zero-order chi connectivity index (χ0) is 19.9. The van der Waals surface area contributed by atoms with Crippen molar-refractivity contribution in [3.63, 3.8) is 0 Å².